The molecule has 1 fully saturated rings. The average molecular weight is 409 g/mol. The number of nitrogens with one attached hydrogen (secondary N) is 1. The Morgan fingerprint density at radius 1 is 1.20 bits per heavy atom. The molecule has 0 atom stereocenters. The lowest BCUT2D eigenvalue weighted by atomic mass is 10.1. The number of halogens is 1. The Kier molecular flexibility index (Phi) is 4.96. The number of pyridine rings is 1. The molecule has 0 aliphatic carbocycles. The number of fused-ring (bicyclic) bond motifs is 2. The van der Waals surface area contributed by atoms with Gasteiger partial charge in [0.05, 0.1) is 7.11 Å². The van der Waals surface area contributed by atoms with Gasteiger partial charge in [-0.3, -0.25) is 0 Å². The van der Waals surface area contributed by atoms with Crippen molar-refractivity contribution in [3.05, 3.63) is 43.0 Å². The molecular formula is C21H24FN7O. The van der Waals surface area contributed by atoms with Gasteiger partial charge in [0, 0.05) is 61.6 Å². The van der Waals surface area contributed by atoms with Crippen LogP contribution in [0.2, 0.25) is 0 Å². The second-order valence-electron chi connectivity index (χ2n) is 7.53. The summed E-state index contributed by atoms with van der Waals surface area (Å²) in [6, 6.07) is 6.30. The van der Waals surface area contributed by atoms with Crippen LogP contribution in [0.4, 0.5) is 10.3 Å². The summed E-state index contributed by atoms with van der Waals surface area (Å²) in [6.07, 6.45) is 9.53. The van der Waals surface area contributed by atoms with Crippen molar-refractivity contribution in [3.63, 3.8) is 0 Å². The number of likely N-dealkylation sites (tertiary alicyclic amines) is 1. The van der Waals surface area contributed by atoms with Crippen LogP contribution in [0, 0.1) is 0 Å². The zero-order valence-electron chi connectivity index (χ0n) is 16.8. The van der Waals surface area contributed by atoms with Crippen molar-refractivity contribution in [1.82, 2.24) is 28.9 Å². The molecule has 9 heteroatoms. The van der Waals surface area contributed by atoms with Gasteiger partial charge in [-0.05, 0) is 31.0 Å². The summed E-state index contributed by atoms with van der Waals surface area (Å²) in [5, 5.41) is 8.08. The smallest absolute Gasteiger partial charge is 0.244 e. The molecule has 0 radical (unpaired) electrons. The maximum atomic E-state index is 12.5. The molecule has 0 unspecified atom stereocenters. The number of anilines is 1. The van der Waals surface area contributed by atoms with Gasteiger partial charge in [0.1, 0.15) is 17.8 Å². The van der Waals surface area contributed by atoms with Gasteiger partial charge in [0.25, 0.3) is 0 Å². The molecular weight excluding hydrogens is 385 g/mol. The van der Waals surface area contributed by atoms with Crippen LogP contribution < -0.4 is 10.1 Å². The number of hydrogen-bond donors (Lipinski definition) is 1. The van der Waals surface area contributed by atoms with Crippen LogP contribution in [-0.2, 0) is 0 Å². The molecule has 1 aliphatic rings. The van der Waals surface area contributed by atoms with E-state index in [1.807, 2.05) is 41.2 Å². The second kappa shape index (κ2) is 7.91. The summed E-state index contributed by atoms with van der Waals surface area (Å²) in [6.45, 7) is 1.98. The first-order chi connectivity index (χ1) is 14.7. The Bertz CT molecular complexity index is 1160. The highest BCUT2D eigenvalue weighted by Gasteiger charge is 2.21. The Morgan fingerprint density at radius 3 is 2.87 bits per heavy atom. The average Bonchev–Trinajstić information content (AvgIpc) is 3.41. The molecule has 30 heavy (non-hydrogen) atoms. The quantitative estimate of drug-likeness (QED) is 0.528. The van der Waals surface area contributed by atoms with Gasteiger partial charge in [-0.1, -0.05) is 0 Å². The van der Waals surface area contributed by atoms with Gasteiger partial charge in [-0.15, -0.1) is 5.10 Å². The number of piperidine rings is 1. The van der Waals surface area contributed by atoms with Crippen molar-refractivity contribution in [2.24, 2.45) is 0 Å². The standard InChI is InChI=1S/C21H24FN7O/c1-30-20-19-17(15-2-3-18-23-8-13-28(18)14-15)6-11-29(19)26-21(25-20)24-16-4-9-27(10-5-16)12-7-22/h2-3,6,8,11,13-14,16H,4-5,7,9-10,12H2,1H3,(H,24,26). The monoisotopic (exact) mass is 409 g/mol. The maximum absolute atomic E-state index is 12.5. The molecule has 4 aromatic heterocycles. The first kappa shape index (κ1) is 18.8. The molecule has 0 amide bonds. The van der Waals surface area contributed by atoms with E-state index in [9.17, 15) is 4.39 Å². The first-order valence-electron chi connectivity index (χ1n) is 10.2. The van der Waals surface area contributed by atoms with Gasteiger partial charge in [-0.2, -0.15) is 4.98 Å². The number of aromatic nitrogens is 5. The van der Waals surface area contributed by atoms with Crippen molar-refractivity contribution >= 4 is 17.1 Å². The van der Waals surface area contributed by atoms with Crippen LogP contribution in [-0.4, -0.2) is 68.3 Å². The summed E-state index contributed by atoms with van der Waals surface area (Å²) in [7, 11) is 1.62. The van der Waals surface area contributed by atoms with E-state index in [2.05, 4.69) is 25.3 Å². The van der Waals surface area contributed by atoms with Crippen molar-refractivity contribution in [2.45, 2.75) is 18.9 Å². The summed E-state index contributed by atoms with van der Waals surface area (Å²) in [5.74, 6) is 1.06. The van der Waals surface area contributed by atoms with Gasteiger partial charge in [0.15, 0.2) is 0 Å². The van der Waals surface area contributed by atoms with Crippen molar-refractivity contribution in [2.75, 3.05) is 38.7 Å². The molecule has 0 saturated carbocycles. The number of hydrogen-bond acceptors (Lipinski definition) is 6. The normalized spacial score (nSPS) is 15.8. The summed E-state index contributed by atoms with van der Waals surface area (Å²) >= 11 is 0. The number of rotatable bonds is 6. The highest BCUT2D eigenvalue weighted by molar-refractivity contribution is 5.84. The molecule has 1 N–H and O–H groups in total. The fourth-order valence-electron chi connectivity index (χ4n) is 4.11. The molecule has 4 aromatic rings. The van der Waals surface area contributed by atoms with Crippen molar-refractivity contribution in [1.29, 1.82) is 0 Å². The third-order valence-corrected chi connectivity index (χ3v) is 5.69. The Morgan fingerprint density at radius 2 is 2.07 bits per heavy atom. The van der Waals surface area contributed by atoms with E-state index in [-0.39, 0.29) is 12.7 Å². The third-order valence-electron chi connectivity index (χ3n) is 5.69. The summed E-state index contributed by atoms with van der Waals surface area (Å²) in [4.78, 5) is 11.1. The molecule has 0 spiro atoms. The van der Waals surface area contributed by atoms with E-state index in [1.165, 1.54) is 0 Å². The van der Waals surface area contributed by atoms with Crippen LogP contribution in [0.25, 0.3) is 22.3 Å². The summed E-state index contributed by atoms with van der Waals surface area (Å²) < 4.78 is 21.9. The molecule has 1 saturated heterocycles. The molecule has 5 heterocycles. The molecule has 5 rings (SSSR count). The number of methoxy groups -OCH3 is 1. The fraction of sp³-hybridized carbons (Fsp3) is 0.381. The van der Waals surface area contributed by atoms with E-state index < -0.39 is 0 Å². The Hall–Kier alpha value is -3.20. The van der Waals surface area contributed by atoms with Crippen LogP contribution in [0.3, 0.4) is 0 Å². The maximum Gasteiger partial charge on any atom is 0.244 e. The van der Waals surface area contributed by atoms with E-state index in [0.29, 0.717) is 18.4 Å². The topological polar surface area (TPSA) is 72.0 Å². The zero-order chi connectivity index (χ0) is 20.5. The van der Waals surface area contributed by atoms with Gasteiger partial charge < -0.3 is 19.4 Å². The van der Waals surface area contributed by atoms with Crippen LogP contribution in [0.5, 0.6) is 5.88 Å². The predicted molar refractivity (Wildman–Crippen MR) is 113 cm³/mol. The lowest BCUT2D eigenvalue weighted by Gasteiger charge is -2.31. The lowest BCUT2D eigenvalue weighted by molar-refractivity contribution is 0.202. The van der Waals surface area contributed by atoms with Crippen LogP contribution >= 0.6 is 0 Å². The van der Waals surface area contributed by atoms with E-state index >= 15 is 0 Å². The Balaban J connectivity index is 1.43. The lowest BCUT2D eigenvalue weighted by Crippen LogP contribution is -2.40. The number of imidazole rings is 1. The van der Waals surface area contributed by atoms with Crippen LogP contribution in [0.15, 0.2) is 43.0 Å². The molecule has 8 nitrogen and oxygen atoms in total. The second-order valence-corrected chi connectivity index (χ2v) is 7.53. The molecule has 0 aromatic carbocycles. The van der Waals surface area contributed by atoms with E-state index in [0.717, 1.165) is 48.2 Å². The minimum absolute atomic E-state index is 0.265. The minimum Gasteiger partial charge on any atom is -0.479 e. The Labute approximate surface area is 173 Å². The fourth-order valence-corrected chi connectivity index (χ4v) is 4.11. The minimum atomic E-state index is -0.293. The van der Waals surface area contributed by atoms with Gasteiger partial charge in [-0.25, -0.2) is 13.9 Å². The number of ether oxygens (including phenoxy) is 1. The molecule has 1 aliphatic heterocycles. The van der Waals surface area contributed by atoms with Crippen LogP contribution in [0.1, 0.15) is 12.8 Å². The highest BCUT2D eigenvalue weighted by Crippen LogP contribution is 2.31. The number of nitrogens with zero attached hydrogens (tertiary/aromatic N) is 6. The van der Waals surface area contributed by atoms with Gasteiger partial charge >= 0.3 is 0 Å². The van der Waals surface area contributed by atoms with Crippen molar-refractivity contribution in [3.8, 4) is 17.0 Å². The highest BCUT2D eigenvalue weighted by atomic mass is 19.1. The van der Waals surface area contributed by atoms with Gasteiger partial charge in [0.2, 0.25) is 11.8 Å². The van der Waals surface area contributed by atoms with E-state index in [1.54, 1.807) is 17.8 Å². The molecule has 0 bridgehead atoms. The molecule has 156 valence electrons. The largest absolute Gasteiger partial charge is 0.479 e. The number of alkyl halides is 1. The SMILES string of the molecule is COc1nc(NC2CCN(CCF)CC2)nn2ccc(-c3ccc4nccn4c3)c12. The predicted octanol–water partition coefficient (Wildman–Crippen LogP) is 2.90. The van der Waals surface area contributed by atoms with Crippen molar-refractivity contribution < 1.29 is 9.13 Å². The third kappa shape index (κ3) is 3.45. The first-order valence-corrected chi connectivity index (χ1v) is 10.2. The summed E-state index contributed by atoms with van der Waals surface area (Å²) in [5.41, 5.74) is 3.74. The van der Waals surface area contributed by atoms with E-state index in [4.69, 9.17) is 4.74 Å². The zero-order valence-corrected chi connectivity index (χ0v) is 16.8.